The Balaban J connectivity index is 1.83. The molecule has 0 amide bonds. The minimum absolute atomic E-state index is 0.624. The van der Waals surface area contributed by atoms with Gasteiger partial charge in [-0.05, 0) is 57.1 Å². The third-order valence-electron chi connectivity index (χ3n) is 3.35. The van der Waals surface area contributed by atoms with E-state index in [-0.39, 0.29) is 0 Å². The predicted molar refractivity (Wildman–Crippen MR) is 65.1 cm³/mol. The van der Waals surface area contributed by atoms with Gasteiger partial charge in [-0.3, -0.25) is 0 Å². The zero-order chi connectivity index (χ0) is 12.3. The van der Waals surface area contributed by atoms with E-state index in [0.29, 0.717) is 11.6 Å². The van der Waals surface area contributed by atoms with Gasteiger partial charge in [0.05, 0.1) is 0 Å². The maximum absolute atomic E-state index is 13.0. The molecule has 1 aromatic carbocycles. The molecule has 94 valence electrons. The molecule has 1 saturated heterocycles. The second kappa shape index (κ2) is 5.45. The summed E-state index contributed by atoms with van der Waals surface area (Å²) in [4.78, 5) is 2.31. The summed E-state index contributed by atoms with van der Waals surface area (Å²) in [6, 6.07) is 3.95. The molecule has 1 aliphatic rings. The van der Waals surface area contributed by atoms with Crippen LogP contribution < -0.4 is 5.32 Å². The Morgan fingerprint density at radius 3 is 2.59 bits per heavy atom. The van der Waals surface area contributed by atoms with Gasteiger partial charge in [0.1, 0.15) is 0 Å². The summed E-state index contributed by atoms with van der Waals surface area (Å²) in [6.45, 7) is 3.06. The van der Waals surface area contributed by atoms with Crippen LogP contribution in [0.25, 0.3) is 0 Å². The minimum atomic E-state index is -0.796. The quantitative estimate of drug-likeness (QED) is 0.874. The lowest BCUT2D eigenvalue weighted by atomic mass is 9.97. The second-order valence-electron chi connectivity index (χ2n) is 4.76. The van der Waals surface area contributed by atoms with Crippen molar-refractivity contribution in [3.05, 3.63) is 29.8 Å². The Bertz CT molecular complexity index is 374. The Labute approximate surface area is 101 Å². The number of hydrogen-bond donors (Lipinski definition) is 1. The molecule has 1 N–H and O–H groups in total. The molecular formula is C13H18F2N2. The van der Waals surface area contributed by atoms with Crippen LogP contribution in [-0.2, 0) is 0 Å². The Morgan fingerprint density at radius 1 is 1.24 bits per heavy atom. The van der Waals surface area contributed by atoms with Gasteiger partial charge in [0.25, 0.3) is 0 Å². The molecule has 0 saturated carbocycles. The van der Waals surface area contributed by atoms with Crippen LogP contribution in [0.2, 0.25) is 0 Å². The van der Waals surface area contributed by atoms with Gasteiger partial charge >= 0.3 is 0 Å². The van der Waals surface area contributed by atoms with Gasteiger partial charge in [0.2, 0.25) is 0 Å². The van der Waals surface area contributed by atoms with Crippen molar-refractivity contribution >= 4 is 5.69 Å². The Morgan fingerprint density at radius 2 is 1.94 bits per heavy atom. The van der Waals surface area contributed by atoms with Crippen LogP contribution in [-0.4, -0.2) is 31.6 Å². The predicted octanol–water partition coefficient (Wildman–Crippen LogP) is 2.72. The molecule has 17 heavy (non-hydrogen) atoms. The molecule has 0 aliphatic carbocycles. The standard InChI is InChI=1S/C13H18F2N2/c1-17-6-4-10(5-7-17)9-16-11-2-3-12(14)13(15)8-11/h2-3,8,10,16H,4-7,9H2,1H3. The highest BCUT2D eigenvalue weighted by molar-refractivity contribution is 5.43. The lowest BCUT2D eigenvalue weighted by Crippen LogP contribution is -2.32. The maximum atomic E-state index is 13.0. The zero-order valence-corrected chi connectivity index (χ0v) is 10.0. The van der Waals surface area contributed by atoms with Crippen molar-refractivity contribution in [3.63, 3.8) is 0 Å². The van der Waals surface area contributed by atoms with Gasteiger partial charge in [-0.15, -0.1) is 0 Å². The summed E-state index contributed by atoms with van der Waals surface area (Å²) in [5.41, 5.74) is 0.655. The summed E-state index contributed by atoms with van der Waals surface area (Å²) in [5, 5.41) is 3.17. The van der Waals surface area contributed by atoms with E-state index in [2.05, 4.69) is 17.3 Å². The van der Waals surface area contributed by atoms with Crippen LogP contribution in [0.1, 0.15) is 12.8 Å². The van der Waals surface area contributed by atoms with Crippen molar-refractivity contribution in [2.75, 3.05) is 32.0 Å². The zero-order valence-electron chi connectivity index (χ0n) is 10.0. The van der Waals surface area contributed by atoms with Gasteiger partial charge < -0.3 is 10.2 Å². The SMILES string of the molecule is CN1CCC(CNc2ccc(F)c(F)c2)CC1. The van der Waals surface area contributed by atoms with E-state index in [1.54, 1.807) is 6.07 Å². The van der Waals surface area contributed by atoms with E-state index < -0.39 is 11.6 Å². The number of likely N-dealkylation sites (tertiary alicyclic amines) is 1. The topological polar surface area (TPSA) is 15.3 Å². The van der Waals surface area contributed by atoms with Crippen molar-refractivity contribution in [3.8, 4) is 0 Å². The Hall–Kier alpha value is -1.16. The molecule has 0 spiro atoms. The van der Waals surface area contributed by atoms with E-state index >= 15 is 0 Å². The number of nitrogens with one attached hydrogen (secondary N) is 1. The molecule has 1 aliphatic heterocycles. The smallest absolute Gasteiger partial charge is 0.160 e. The van der Waals surface area contributed by atoms with Gasteiger partial charge in [-0.1, -0.05) is 0 Å². The van der Waals surface area contributed by atoms with E-state index in [1.807, 2.05) is 0 Å². The lowest BCUT2D eigenvalue weighted by Gasteiger charge is -2.29. The highest BCUT2D eigenvalue weighted by Crippen LogP contribution is 2.18. The molecule has 0 unspecified atom stereocenters. The first-order chi connectivity index (χ1) is 8.15. The first-order valence-corrected chi connectivity index (χ1v) is 6.02. The van der Waals surface area contributed by atoms with E-state index in [9.17, 15) is 8.78 Å². The van der Waals surface area contributed by atoms with Gasteiger partial charge in [0, 0.05) is 12.2 Å². The summed E-state index contributed by atoms with van der Waals surface area (Å²) in [7, 11) is 2.12. The van der Waals surface area contributed by atoms with E-state index in [1.165, 1.54) is 6.07 Å². The van der Waals surface area contributed by atoms with Crippen molar-refractivity contribution in [2.24, 2.45) is 5.92 Å². The molecule has 0 radical (unpaired) electrons. The summed E-state index contributed by atoms with van der Waals surface area (Å²) in [6.07, 6.45) is 2.32. The highest BCUT2D eigenvalue weighted by atomic mass is 19.2. The molecule has 0 atom stereocenters. The van der Waals surface area contributed by atoms with E-state index in [0.717, 1.165) is 38.5 Å². The van der Waals surface area contributed by atoms with Crippen molar-refractivity contribution in [1.82, 2.24) is 4.90 Å². The van der Waals surface area contributed by atoms with Crippen LogP contribution in [0.4, 0.5) is 14.5 Å². The van der Waals surface area contributed by atoms with Crippen LogP contribution in [0.15, 0.2) is 18.2 Å². The third-order valence-corrected chi connectivity index (χ3v) is 3.35. The highest BCUT2D eigenvalue weighted by Gasteiger charge is 2.16. The first-order valence-electron chi connectivity index (χ1n) is 6.02. The second-order valence-corrected chi connectivity index (χ2v) is 4.76. The van der Waals surface area contributed by atoms with Gasteiger partial charge in [-0.2, -0.15) is 0 Å². The number of halogens is 2. The van der Waals surface area contributed by atoms with Gasteiger partial charge in [-0.25, -0.2) is 8.78 Å². The molecule has 2 nitrogen and oxygen atoms in total. The molecular weight excluding hydrogens is 222 g/mol. The molecule has 0 aromatic heterocycles. The maximum Gasteiger partial charge on any atom is 0.160 e. The first kappa shape index (κ1) is 12.3. The van der Waals surface area contributed by atoms with Crippen LogP contribution in [0.3, 0.4) is 0 Å². The molecule has 1 heterocycles. The van der Waals surface area contributed by atoms with Crippen molar-refractivity contribution in [1.29, 1.82) is 0 Å². The average molecular weight is 240 g/mol. The fraction of sp³-hybridized carbons (Fsp3) is 0.538. The summed E-state index contributed by atoms with van der Waals surface area (Å²) in [5.74, 6) is -0.965. The van der Waals surface area contributed by atoms with Gasteiger partial charge in [0.15, 0.2) is 11.6 Å². The fourth-order valence-electron chi connectivity index (χ4n) is 2.13. The largest absolute Gasteiger partial charge is 0.385 e. The monoisotopic (exact) mass is 240 g/mol. The van der Waals surface area contributed by atoms with Crippen LogP contribution in [0.5, 0.6) is 0 Å². The normalized spacial score (nSPS) is 18.3. The number of anilines is 1. The molecule has 4 heteroatoms. The fourth-order valence-corrected chi connectivity index (χ4v) is 2.13. The minimum Gasteiger partial charge on any atom is -0.385 e. The number of piperidine rings is 1. The van der Waals surface area contributed by atoms with Crippen LogP contribution in [0, 0.1) is 17.6 Å². The average Bonchev–Trinajstić information content (AvgIpc) is 2.33. The van der Waals surface area contributed by atoms with Crippen LogP contribution >= 0.6 is 0 Å². The lowest BCUT2D eigenvalue weighted by molar-refractivity contribution is 0.226. The summed E-state index contributed by atoms with van der Waals surface area (Å²) >= 11 is 0. The van der Waals surface area contributed by atoms with E-state index in [4.69, 9.17) is 0 Å². The molecule has 1 fully saturated rings. The number of hydrogen-bond acceptors (Lipinski definition) is 2. The third kappa shape index (κ3) is 3.40. The number of rotatable bonds is 3. The molecule has 0 bridgehead atoms. The Kier molecular flexibility index (Phi) is 3.94. The molecule has 1 aromatic rings. The van der Waals surface area contributed by atoms with Crippen molar-refractivity contribution in [2.45, 2.75) is 12.8 Å². The number of nitrogens with zero attached hydrogens (tertiary/aromatic N) is 1. The molecule has 2 rings (SSSR count). The summed E-state index contributed by atoms with van der Waals surface area (Å²) < 4.78 is 25.7. The van der Waals surface area contributed by atoms with Crippen molar-refractivity contribution < 1.29 is 8.78 Å². The number of benzene rings is 1.